The van der Waals surface area contributed by atoms with E-state index in [1.165, 1.54) is 0 Å². The van der Waals surface area contributed by atoms with Crippen LogP contribution in [0.25, 0.3) is 0 Å². The first-order valence-electron chi connectivity index (χ1n) is 6.97. The van der Waals surface area contributed by atoms with Crippen molar-refractivity contribution >= 4 is 0 Å². The summed E-state index contributed by atoms with van der Waals surface area (Å²) in [6.07, 6.45) is -2.09. The topological polar surface area (TPSA) is 24.5 Å². The van der Waals surface area contributed by atoms with Gasteiger partial charge in [-0.2, -0.15) is 13.2 Å². The fourth-order valence-electron chi connectivity index (χ4n) is 2.39. The summed E-state index contributed by atoms with van der Waals surface area (Å²) in [6, 6.07) is 0.435. The first-order valence-corrected chi connectivity index (χ1v) is 6.97. The normalized spacial score (nSPS) is 22.7. The van der Waals surface area contributed by atoms with Crippen molar-refractivity contribution in [2.75, 3.05) is 39.4 Å². The van der Waals surface area contributed by atoms with Crippen LogP contribution < -0.4 is 5.32 Å². The number of hydrogen-bond acceptors (Lipinski definition) is 3. The monoisotopic (exact) mass is 282 g/mol. The van der Waals surface area contributed by atoms with Crippen molar-refractivity contribution in [3.8, 4) is 0 Å². The molecule has 1 aliphatic heterocycles. The second-order valence-corrected chi connectivity index (χ2v) is 5.60. The van der Waals surface area contributed by atoms with Crippen molar-refractivity contribution in [3.63, 3.8) is 0 Å². The van der Waals surface area contributed by atoms with Gasteiger partial charge in [0, 0.05) is 19.1 Å². The molecule has 1 fully saturated rings. The third-order valence-corrected chi connectivity index (χ3v) is 3.14. The Morgan fingerprint density at radius 1 is 1.37 bits per heavy atom. The lowest BCUT2D eigenvalue weighted by molar-refractivity contribution is -0.174. The van der Waals surface area contributed by atoms with Crippen LogP contribution in [0, 0.1) is 5.92 Å². The molecule has 114 valence electrons. The summed E-state index contributed by atoms with van der Waals surface area (Å²) in [7, 11) is 0. The molecule has 1 rings (SSSR count). The molecule has 0 radical (unpaired) electrons. The molecule has 0 saturated carbocycles. The average Bonchev–Trinajstić information content (AvgIpc) is 2.48. The van der Waals surface area contributed by atoms with Crippen LogP contribution in [0.2, 0.25) is 0 Å². The first kappa shape index (κ1) is 16.7. The maximum atomic E-state index is 11.9. The molecule has 0 bridgehead atoms. The highest BCUT2D eigenvalue weighted by atomic mass is 19.4. The van der Waals surface area contributed by atoms with Crippen LogP contribution in [0.5, 0.6) is 0 Å². The molecule has 0 amide bonds. The number of hydrogen-bond donors (Lipinski definition) is 1. The first-order chi connectivity index (χ1) is 8.87. The quantitative estimate of drug-likeness (QED) is 0.756. The molecule has 1 unspecified atom stereocenters. The van der Waals surface area contributed by atoms with Crippen molar-refractivity contribution in [2.45, 2.75) is 38.9 Å². The van der Waals surface area contributed by atoms with Gasteiger partial charge in [-0.15, -0.1) is 0 Å². The van der Waals surface area contributed by atoms with Crippen molar-refractivity contribution in [1.82, 2.24) is 10.2 Å². The predicted octanol–water partition coefficient (Wildman–Crippen LogP) is 2.28. The van der Waals surface area contributed by atoms with Gasteiger partial charge in [-0.25, -0.2) is 0 Å². The summed E-state index contributed by atoms with van der Waals surface area (Å²) < 4.78 is 40.5. The van der Waals surface area contributed by atoms with Gasteiger partial charge >= 0.3 is 6.18 Å². The van der Waals surface area contributed by atoms with E-state index in [2.05, 4.69) is 28.8 Å². The summed E-state index contributed by atoms with van der Waals surface area (Å²) in [5.74, 6) is 0.624. The van der Waals surface area contributed by atoms with E-state index in [9.17, 15) is 13.2 Å². The van der Waals surface area contributed by atoms with Crippen LogP contribution in [-0.4, -0.2) is 56.5 Å². The zero-order chi connectivity index (χ0) is 14.3. The molecule has 6 heteroatoms. The third-order valence-electron chi connectivity index (χ3n) is 3.14. The Labute approximate surface area is 113 Å². The molecule has 0 aromatic heterocycles. The number of rotatable bonds is 6. The van der Waals surface area contributed by atoms with E-state index in [1.54, 1.807) is 0 Å². The highest BCUT2D eigenvalue weighted by Crippen LogP contribution is 2.14. The second-order valence-electron chi connectivity index (χ2n) is 5.60. The number of ether oxygens (including phenoxy) is 1. The molecule has 0 aromatic carbocycles. The van der Waals surface area contributed by atoms with Crippen molar-refractivity contribution < 1.29 is 17.9 Å². The van der Waals surface area contributed by atoms with E-state index >= 15 is 0 Å². The van der Waals surface area contributed by atoms with E-state index in [0.717, 1.165) is 32.5 Å². The molecule has 1 N–H and O–H groups in total. The summed E-state index contributed by atoms with van der Waals surface area (Å²) in [5, 5.41) is 3.50. The highest BCUT2D eigenvalue weighted by molar-refractivity contribution is 4.77. The van der Waals surface area contributed by atoms with Gasteiger partial charge in [-0.3, -0.25) is 4.90 Å². The van der Waals surface area contributed by atoms with Crippen LogP contribution in [0.3, 0.4) is 0 Å². The standard InChI is InChI=1S/C13H25F3N2O/c1-11(2)8-12-9-18(5-3-4-17-12)6-7-19-10-13(14,15)16/h11-12,17H,3-10H2,1-2H3. The molecule has 1 saturated heterocycles. The van der Waals surface area contributed by atoms with E-state index in [1.807, 2.05) is 0 Å². The largest absolute Gasteiger partial charge is 0.411 e. The van der Waals surface area contributed by atoms with Crippen molar-refractivity contribution in [3.05, 3.63) is 0 Å². The molecule has 1 heterocycles. The lowest BCUT2D eigenvalue weighted by Crippen LogP contribution is -2.39. The van der Waals surface area contributed by atoms with E-state index in [0.29, 0.717) is 18.5 Å². The fourth-order valence-corrected chi connectivity index (χ4v) is 2.39. The van der Waals surface area contributed by atoms with Crippen molar-refractivity contribution in [2.24, 2.45) is 5.92 Å². The van der Waals surface area contributed by atoms with Gasteiger partial charge < -0.3 is 10.1 Å². The Hall–Kier alpha value is -0.330. The minimum absolute atomic E-state index is 0.147. The van der Waals surface area contributed by atoms with Gasteiger partial charge in [0.25, 0.3) is 0 Å². The van der Waals surface area contributed by atoms with Crippen LogP contribution >= 0.6 is 0 Å². The van der Waals surface area contributed by atoms with E-state index < -0.39 is 12.8 Å². The van der Waals surface area contributed by atoms with Gasteiger partial charge in [0.2, 0.25) is 0 Å². The van der Waals surface area contributed by atoms with E-state index in [4.69, 9.17) is 0 Å². The predicted molar refractivity (Wildman–Crippen MR) is 69.2 cm³/mol. The lowest BCUT2D eigenvalue weighted by atomic mass is 10.0. The SMILES string of the molecule is CC(C)CC1CN(CCOCC(F)(F)F)CCCN1. The minimum atomic E-state index is -4.22. The van der Waals surface area contributed by atoms with Gasteiger partial charge in [-0.1, -0.05) is 13.8 Å². The zero-order valence-electron chi connectivity index (χ0n) is 11.8. The summed E-state index contributed by atoms with van der Waals surface area (Å²) in [5.41, 5.74) is 0. The van der Waals surface area contributed by atoms with Gasteiger partial charge in [-0.05, 0) is 31.8 Å². The number of nitrogens with one attached hydrogen (secondary N) is 1. The van der Waals surface area contributed by atoms with Crippen LogP contribution in [0.15, 0.2) is 0 Å². The third kappa shape index (κ3) is 8.44. The molecule has 3 nitrogen and oxygen atoms in total. The summed E-state index contributed by atoms with van der Waals surface area (Å²) in [6.45, 7) is 6.75. The molecule has 0 aliphatic carbocycles. The molecule has 19 heavy (non-hydrogen) atoms. The Morgan fingerprint density at radius 3 is 2.74 bits per heavy atom. The smallest absolute Gasteiger partial charge is 0.371 e. The summed E-state index contributed by atoms with van der Waals surface area (Å²) in [4.78, 5) is 2.20. The van der Waals surface area contributed by atoms with Crippen LogP contribution in [0.1, 0.15) is 26.7 Å². The number of nitrogens with zero attached hydrogens (tertiary/aromatic N) is 1. The fraction of sp³-hybridized carbons (Fsp3) is 1.00. The Balaban J connectivity index is 2.23. The molecular weight excluding hydrogens is 257 g/mol. The van der Waals surface area contributed by atoms with Gasteiger partial charge in [0.15, 0.2) is 0 Å². The minimum Gasteiger partial charge on any atom is -0.371 e. The molecular formula is C13H25F3N2O. The Kier molecular flexibility index (Phi) is 7.10. The van der Waals surface area contributed by atoms with Gasteiger partial charge in [0.05, 0.1) is 6.61 Å². The maximum absolute atomic E-state index is 11.9. The van der Waals surface area contributed by atoms with Gasteiger partial charge in [0.1, 0.15) is 6.61 Å². The van der Waals surface area contributed by atoms with E-state index in [-0.39, 0.29) is 6.61 Å². The summed E-state index contributed by atoms with van der Waals surface area (Å²) >= 11 is 0. The molecule has 0 aromatic rings. The van der Waals surface area contributed by atoms with Crippen LogP contribution in [-0.2, 0) is 4.74 Å². The lowest BCUT2D eigenvalue weighted by Gasteiger charge is -2.25. The molecule has 0 spiro atoms. The number of alkyl halides is 3. The second kappa shape index (κ2) is 8.07. The zero-order valence-corrected chi connectivity index (χ0v) is 11.8. The Morgan fingerprint density at radius 2 is 2.11 bits per heavy atom. The maximum Gasteiger partial charge on any atom is 0.411 e. The molecule has 1 atom stereocenters. The molecule has 1 aliphatic rings. The average molecular weight is 282 g/mol. The highest BCUT2D eigenvalue weighted by Gasteiger charge is 2.27. The Bertz CT molecular complexity index is 247. The van der Waals surface area contributed by atoms with Crippen LogP contribution in [0.4, 0.5) is 13.2 Å². The number of halogens is 3. The van der Waals surface area contributed by atoms with Crippen molar-refractivity contribution in [1.29, 1.82) is 0 Å².